The summed E-state index contributed by atoms with van der Waals surface area (Å²) in [5.41, 5.74) is -0.695. The second-order valence-electron chi connectivity index (χ2n) is 4.56. The Morgan fingerprint density at radius 2 is 2.14 bits per heavy atom. The molecule has 0 aromatic heterocycles. The monoisotopic (exact) mass is 199 g/mol. The molecule has 0 heterocycles. The third kappa shape index (κ3) is 2.98. The Morgan fingerprint density at radius 1 is 1.50 bits per heavy atom. The summed E-state index contributed by atoms with van der Waals surface area (Å²) in [5.74, 6) is 0.834. The zero-order chi connectivity index (χ0) is 10.6. The van der Waals surface area contributed by atoms with Crippen molar-refractivity contribution in [1.29, 1.82) is 0 Å². The van der Waals surface area contributed by atoms with Crippen molar-refractivity contribution in [2.45, 2.75) is 45.1 Å². The lowest BCUT2D eigenvalue weighted by atomic mass is 9.83. The number of nitrogens with one attached hydrogen (secondary N) is 1. The molecule has 0 atom stereocenters. The lowest BCUT2D eigenvalue weighted by Gasteiger charge is -2.26. The molecule has 0 aromatic rings. The Kier molecular flexibility index (Phi) is 3.93. The van der Waals surface area contributed by atoms with Crippen LogP contribution in [0.15, 0.2) is 0 Å². The van der Waals surface area contributed by atoms with Gasteiger partial charge in [0.2, 0.25) is 0 Å². The number of amides is 1. The first kappa shape index (κ1) is 11.5. The van der Waals surface area contributed by atoms with Gasteiger partial charge < -0.3 is 10.1 Å². The van der Waals surface area contributed by atoms with E-state index >= 15 is 0 Å². The van der Waals surface area contributed by atoms with Crippen molar-refractivity contribution in [3.05, 3.63) is 0 Å². The number of hydrogen-bond acceptors (Lipinski definition) is 2. The molecule has 1 rings (SSSR count). The van der Waals surface area contributed by atoms with E-state index in [9.17, 15) is 4.79 Å². The zero-order valence-electron chi connectivity index (χ0n) is 9.43. The zero-order valence-corrected chi connectivity index (χ0v) is 9.43. The lowest BCUT2D eigenvalue weighted by Crippen LogP contribution is -2.44. The summed E-state index contributed by atoms with van der Waals surface area (Å²) < 4.78 is 5.09. The maximum atomic E-state index is 11.5. The van der Waals surface area contributed by atoms with Crippen molar-refractivity contribution in [1.82, 2.24) is 5.32 Å². The second kappa shape index (κ2) is 4.78. The molecule has 0 saturated heterocycles. The Bertz CT molecular complexity index is 197. The Morgan fingerprint density at radius 3 is 2.57 bits per heavy atom. The van der Waals surface area contributed by atoms with Crippen molar-refractivity contribution < 1.29 is 9.53 Å². The molecular weight excluding hydrogens is 178 g/mol. The van der Waals surface area contributed by atoms with E-state index in [-0.39, 0.29) is 5.91 Å². The summed E-state index contributed by atoms with van der Waals surface area (Å²) >= 11 is 0. The third-order valence-electron chi connectivity index (χ3n) is 3.12. The molecule has 0 aliphatic heterocycles. The highest BCUT2D eigenvalue weighted by Crippen LogP contribution is 2.28. The molecule has 0 aromatic carbocycles. The van der Waals surface area contributed by atoms with Gasteiger partial charge in [0.15, 0.2) is 0 Å². The number of carbonyl (C=O) groups is 1. The Hall–Kier alpha value is -0.570. The van der Waals surface area contributed by atoms with Gasteiger partial charge in [0.25, 0.3) is 5.91 Å². The highest BCUT2D eigenvalue weighted by molar-refractivity contribution is 5.84. The molecule has 1 saturated carbocycles. The summed E-state index contributed by atoms with van der Waals surface area (Å²) in [6, 6.07) is 0. The number of hydrogen-bond donors (Lipinski definition) is 1. The van der Waals surface area contributed by atoms with E-state index in [0.29, 0.717) is 0 Å². The van der Waals surface area contributed by atoms with Gasteiger partial charge in [-0.3, -0.25) is 4.79 Å². The van der Waals surface area contributed by atoms with E-state index in [1.54, 1.807) is 21.0 Å². The van der Waals surface area contributed by atoms with Crippen LogP contribution in [0, 0.1) is 5.92 Å². The summed E-state index contributed by atoms with van der Waals surface area (Å²) in [4.78, 5) is 11.5. The minimum Gasteiger partial charge on any atom is -0.369 e. The van der Waals surface area contributed by atoms with E-state index in [4.69, 9.17) is 4.74 Å². The summed E-state index contributed by atoms with van der Waals surface area (Å²) in [7, 11) is 1.56. The van der Waals surface area contributed by atoms with Crippen molar-refractivity contribution in [2.24, 2.45) is 5.92 Å². The van der Waals surface area contributed by atoms with Crippen molar-refractivity contribution in [3.63, 3.8) is 0 Å². The van der Waals surface area contributed by atoms with Crippen LogP contribution in [0.3, 0.4) is 0 Å². The minimum atomic E-state index is -0.695. The van der Waals surface area contributed by atoms with Gasteiger partial charge in [0.1, 0.15) is 5.60 Å². The number of carbonyl (C=O) groups excluding carboxylic acids is 1. The molecule has 0 unspecified atom stereocenters. The Labute approximate surface area is 86.2 Å². The maximum absolute atomic E-state index is 11.5. The summed E-state index contributed by atoms with van der Waals surface area (Å²) in [5, 5.41) is 2.91. The van der Waals surface area contributed by atoms with Crippen LogP contribution in [0.4, 0.5) is 0 Å². The van der Waals surface area contributed by atoms with Crippen LogP contribution in [0.1, 0.15) is 39.5 Å². The van der Waals surface area contributed by atoms with E-state index in [0.717, 1.165) is 18.9 Å². The highest BCUT2D eigenvalue weighted by Gasteiger charge is 2.26. The first-order valence-corrected chi connectivity index (χ1v) is 5.39. The fourth-order valence-electron chi connectivity index (χ4n) is 1.48. The van der Waals surface area contributed by atoms with Crippen molar-refractivity contribution in [3.8, 4) is 0 Å². The summed E-state index contributed by atoms with van der Waals surface area (Å²) in [6.45, 7) is 4.35. The van der Waals surface area contributed by atoms with Gasteiger partial charge in [0.05, 0.1) is 0 Å². The van der Waals surface area contributed by atoms with Crippen molar-refractivity contribution in [2.75, 3.05) is 13.7 Å². The van der Waals surface area contributed by atoms with E-state index in [1.165, 1.54) is 19.3 Å². The van der Waals surface area contributed by atoms with Crippen LogP contribution < -0.4 is 5.32 Å². The van der Waals surface area contributed by atoms with E-state index in [2.05, 4.69) is 5.32 Å². The van der Waals surface area contributed by atoms with Gasteiger partial charge in [-0.15, -0.1) is 0 Å². The maximum Gasteiger partial charge on any atom is 0.251 e. The first-order chi connectivity index (χ1) is 6.56. The molecule has 1 amide bonds. The molecule has 1 aliphatic rings. The van der Waals surface area contributed by atoms with E-state index < -0.39 is 5.60 Å². The SMILES string of the molecule is COC(C)(C)C(=O)NCCC1CCC1. The number of ether oxygens (including phenoxy) is 1. The van der Waals surface area contributed by atoms with Gasteiger partial charge >= 0.3 is 0 Å². The first-order valence-electron chi connectivity index (χ1n) is 5.39. The fourth-order valence-corrected chi connectivity index (χ4v) is 1.48. The van der Waals surface area contributed by atoms with Crippen LogP contribution in [-0.2, 0) is 9.53 Å². The summed E-state index contributed by atoms with van der Waals surface area (Å²) in [6.07, 6.45) is 5.15. The van der Waals surface area contributed by atoms with Crippen LogP contribution in [0.25, 0.3) is 0 Å². The molecule has 0 spiro atoms. The van der Waals surface area contributed by atoms with Crippen LogP contribution in [-0.4, -0.2) is 25.2 Å². The third-order valence-corrected chi connectivity index (χ3v) is 3.12. The molecule has 3 heteroatoms. The van der Waals surface area contributed by atoms with Gasteiger partial charge in [0, 0.05) is 13.7 Å². The molecule has 14 heavy (non-hydrogen) atoms. The largest absolute Gasteiger partial charge is 0.369 e. The Balaban J connectivity index is 2.13. The predicted octanol–water partition coefficient (Wildman–Crippen LogP) is 1.72. The van der Waals surface area contributed by atoms with E-state index in [1.807, 2.05) is 0 Å². The standard InChI is InChI=1S/C11H21NO2/c1-11(2,14-3)10(13)12-8-7-9-5-4-6-9/h9H,4-8H2,1-3H3,(H,12,13). The average molecular weight is 199 g/mol. The number of methoxy groups -OCH3 is 1. The molecule has 1 fully saturated rings. The van der Waals surface area contributed by atoms with Gasteiger partial charge in [-0.2, -0.15) is 0 Å². The average Bonchev–Trinajstić information content (AvgIpc) is 2.08. The van der Waals surface area contributed by atoms with Crippen LogP contribution in [0.2, 0.25) is 0 Å². The van der Waals surface area contributed by atoms with Gasteiger partial charge in [-0.1, -0.05) is 19.3 Å². The lowest BCUT2D eigenvalue weighted by molar-refractivity contribution is -0.139. The minimum absolute atomic E-state index is 0.0145. The molecule has 3 nitrogen and oxygen atoms in total. The molecule has 82 valence electrons. The predicted molar refractivity (Wildman–Crippen MR) is 56.1 cm³/mol. The molecular formula is C11H21NO2. The quantitative estimate of drug-likeness (QED) is 0.732. The molecule has 1 N–H and O–H groups in total. The van der Waals surface area contributed by atoms with Gasteiger partial charge in [-0.25, -0.2) is 0 Å². The molecule has 0 radical (unpaired) electrons. The van der Waals surface area contributed by atoms with Crippen LogP contribution >= 0.6 is 0 Å². The second-order valence-corrected chi connectivity index (χ2v) is 4.56. The molecule has 1 aliphatic carbocycles. The van der Waals surface area contributed by atoms with Crippen LogP contribution in [0.5, 0.6) is 0 Å². The van der Waals surface area contributed by atoms with Gasteiger partial charge in [-0.05, 0) is 26.2 Å². The number of rotatable bonds is 5. The topological polar surface area (TPSA) is 38.3 Å². The fraction of sp³-hybridized carbons (Fsp3) is 0.909. The highest BCUT2D eigenvalue weighted by atomic mass is 16.5. The smallest absolute Gasteiger partial charge is 0.251 e. The molecule has 0 bridgehead atoms. The normalized spacial score (nSPS) is 17.6. The van der Waals surface area contributed by atoms with Crippen molar-refractivity contribution >= 4 is 5.91 Å².